The number of para-hydroxylation sites is 3. The van der Waals surface area contributed by atoms with E-state index in [1.807, 2.05) is 0 Å². The summed E-state index contributed by atoms with van der Waals surface area (Å²) in [4.78, 5) is 2.28. The Kier molecular flexibility index (Phi) is 6.34. The van der Waals surface area contributed by atoms with Gasteiger partial charge in [-0.25, -0.2) is 0 Å². The fourth-order valence-corrected chi connectivity index (χ4v) is 9.18. The Bertz CT molecular complexity index is 3260. The Hall–Kier alpha value is -7.36. The normalized spacial score (nSPS) is 12.0. The number of aromatic nitrogens is 1. The van der Waals surface area contributed by atoms with Gasteiger partial charge in [-0.2, -0.15) is 0 Å². The molecule has 55 heavy (non-hydrogen) atoms. The summed E-state index contributed by atoms with van der Waals surface area (Å²) in [6.07, 6.45) is 0. The molecule has 2 heterocycles. The van der Waals surface area contributed by atoms with E-state index >= 15 is 0 Å². The zero-order chi connectivity index (χ0) is 36.0. The van der Waals surface area contributed by atoms with Crippen LogP contribution in [-0.2, 0) is 0 Å². The Morgan fingerprint density at radius 2 is 0.964 bits per heavy atom. The minimum absolute atomic E-state index is 0.868. The van der Waals surface area contributed by atoms with Crippen LogP contribution in [0.25, 0.3) is 93.6 Å². The maximum absolute atomic E-state index is 6.60. The van der Waals surface area contributed by atoms with Gasteiger partial charge in [0, 0.05) is 55.7 Å². The highest BCUT2D eigenvalue weighted by molar-refractivity contribution is 6.32. The molecule has 3 heteroatoms. The van der Waals surface area contributed by atoms with Crippen LogP contribution in [0.3, 0.4) is 0 Å². The maximum atomic E-state index is 6.60. The summed E-state index contributed by atoms with van der Waals surface area (Å²) in [7, 11) is 0. The molecule has 9 aromatic carbocycles. The third kappa shape index (κ3) is 4.38. The molecular formula is C52H32N2O. The molecule has 0 N–H and O–H groups in total. The zero-order valence-electron chi connectivity index (χ0n) is 29.8. The third-order valence-electron chi connectivity index (χ3n) is 11.5. The molecule has 1 aliphatic rings. The number of furan rings is 1. The molecule has 0 saturated heterocycles. The van der Waals surface area contributed by atoms with Crippen molar-refractivity contribution in [1.82, 2.24) is 4.57 Å². The molecule has 0 amide bonds. The summed E-state index contributed by atoms with van der Waals surface area (Å²) >= 11 is 0. The van der Waals surface area contributed by atoms with Crippen LogP contribution in [0.1, 0.15) is 0 Å². The lowest BCUT2D eigenvalue weighted by Gasteiger charge is -2.25. The number of benzene rings is 9. The van der Waals surface area contributed by atoms with Gasteiger partial charge in [-0.05, 0) is 112 Å². The molecule has 2 aromatic heterocycles. The first-order valence-electron chi connectivity index (χ1n) is 18.9. The van der Waals surface area contributed by atoms with Crippen LogP contribution < -0.4 is 4.90 Å². The molecule has 0 aliphatic heterocycles. The van der Waals surface area contributed by atoms with E-state index in [2.05, 4.69) is 204 Å². The van der Waals surface area contributed by atoms with E-state index in [-0.39, 0.29) is 0 Å². The van der Waals surface area contributed by atoms with Crippen LogP contribution in [0.15, 0.2) is 199 Å². The smallest absolute Gasteiger partial charge is 0.137 e. The predicted molar refractivity (Wildman–Crippen MR) is 230 cm³/mol. The monoisotopic (exact) mass is 700 g/mol. The fraction of sp³-hybridized carbons (Fsp3) is 0. The minimum atomic E-state index is 0.868. The van der Waals surface area contributed by atoms with Gasteiger partial charge in [0.25, 0.3) is 0 Å². The molecular weight excluding hydrogens is 669 g/mol. The molecule has 256 valence electrons. The van der Waals surface area contributed by atoms with E-state index < -0.39 is 0 Å². The highest BCUT2D eigenvalue weighted by Crippen LogP contribution is 2.51. The summed E-state index contributed by atoms with van der Waals surface area (Å²) in [5.41, 5.74) is 16.1. The van der Waals surface area contributed by atoms with E-state index in [1.54, 1.807) is 0 Å². The summed E-state index contributed by atoms with van der Waals surface area (Å²) in [6.45, 7) is 0. The van der Waals surface area contributed by atoms with E-state index in [1.165, 1.54) is 71.6 Å². The second-order valence-corrected chi connectivity index (χ2v) is 14.5. The van der Waals surface area contributed by atoms with Crippen molar-refractivity contribution in [1.29, 1.82) is 0 Å². The summed E-state index contributed by atoms with van der Waals surface area (Å²) in [6, 6.07) is 70.0. The van der Waals surface area contributed by atoms with E-state index in [0.717, 1.165) is 39.0 Å². The summed E-state index contributed by atoms with van der Waals surface area (Å²) in [5.74, 6) is 0. The molecule has 0 bridgehead atoms. The van der Waals surface area contributed by atoms with Crippen LogP contribution in [0.2, 0.25) is 0 Å². The van der Waals surface area contributed by atoms with Crippen LogP contribution in [0.5, 0.6) is 0 Å². The lowest BCUT2D eigenvalue weighted by molar-refractivity contribution is 0.669. The molecule has 0 fully saturated rings. The average Bonchev–Trinajstić information content (AvgIpc) is 3.75. The number of rotatable bonds is 5. The van der Waals surface area contributed by atoms with Crippen molar-refractivity contribution in [2.24, 2.45) is 0 Å². The molecule has 12 rings (SSSR count). The van der Waals surface area contributed by atoms with Gasteiger partial charge in [0.05, 0.1) is 11.0 Å². The Morgan fingerprint density at radius 1 is 0.345 bits per heavy atom. The van der Waals surface area contributed by atoms with Gasteiger partial charge in [-0.1, -0.05) is 115 Å². The van der Waals surface area contributed by atoms with Gasteiger partial charge >= 0.3 is 0 Å². The van der Waals surface area contributed by atoms with Gasteiger partial charge in [-0.3, -0.25) is 0 Å². The third-order valence-corrected chi connectivity index (χ3v) is 11.5. The molecule has 3 nitrogen and oxygen atoms in total. The number of hydrogen-bond donors (Lipinski definition) is 0. The molecule has 0 saturated carbocycles. The van der Waals surface area contributed by atoms with Crippen molar-refractivity contribution in [2.75, 3.05) is 4.90 Å². The Balaban J connectivity index is 1.08. The van der Waals surface area contributed by atoms with Gasteiger partial charge in [0.15, 0.2) is 0 Å². The Morgan fingerprint density at radius 3 is 1.71 bits per heavy atom. The molecule has 1 aliphatic carbocycles. The number of anilines is 3. The summed E-state index contributed by atoms with van der Waals surface area (Å²) < 4.78 is 9.03. The predicted octanol–water partition coefficient (Wildman–Crippen LogP) is 14.6. The largest absolute Gasteiger partial charge is 0.456 e. The molecule has 0 spiro atoms. The van der Waals surface area contributed by atoms with Gasteiger partial charge in [0.1, 0.15) is 11.2 Å². The second kappa shape index (κ2) is 11.6. The van der Waals surface area contributed by atoms with Crippen molar-refractivity contribution in [3.8, 4) is 39.1 Å². The van der Waals surface area contributed by atoms with Crippen molar-refractivity contribution < 1.29 is 4.42 Å². The Labute approximate surface area is 317 Å². The van der Waals surface area contributed by atoms with E-state index in [9.17, 15) is 0 Å². The number of nitrogens with zero attached hydrogens (tertiary/aromatic N) is 2. The van der Waals surface area contributed by atoms with E-state index in [4.69, 9.17) is 4.42 Å². The molecule has 0 atom stereocenters. The zero-order valence-corrected chi connectivity index (χ0v) is 29.8. The molecule has 11 aromatic rings. The molecule has 0 unspecified atom stereocenters. The van der Waals surface area contributed by atoms with Gasteiger partial charge in [-0.15, -0.1) is 0 Å². The van der Waals surface area contributed by atoms with Crippen LogP contribution >= 0.6 is 0 Å². The topological polar surface area (TPSA) is 21.3 Å². The van der Waals surface area contributed by atoms with Crippen LogP contribution in [0, 0.1) is 0 Å². The minimum Gasteiger partial charge on any atom is -0.456 e. The highest BCUT2D eigenvalue weighted by atomic mass is 16.3. The first-order chi connectivity index (χ1) is 27.3. The second-order valence-electron chi connectivity index (χ2n) is 14.5. The van der Waals surface area contributed by atoms with Crippen molar-refractivity contribution in [3.05, 3.63) is 194 Å². The van der Waals surface area contributed by atoms with Gasteiger partial charge in [0.2, 0.25) is 0 Å². The van der Waals surface area contributed by atoms with Crippen LogP contribution in [0.4, 0.5) is 17.1 Å². The van der Waals surface area contributed by atoms with Crippen molar-refractivity contribution in [3.63, 3.8) is 0 Å². The first-order valence-corrected chi connectivity index (χ1v) is 18.9. The van der Waals surface area contributed by atoms with Crippen molar-refractivity contribution >= 4 is 71.6 Å². The van der Waals surface area contributed by atoms with Crippen molar-refractivity contribution in [2.45, 2.75) is 0 Å². The fourth-order valence-electron chi connectivity index (χ4n) is 9.18. The summed E-state index contributed by atoms with van der Waals surface area (Å²) in [5, 5.41) is 7.38. The average molecular weight is 701 g/mol. The number of fused-ring (bicyclic) bond motifs is 6. The highest BCUT2D eigenvalue weighted by Gasteiger charge is 2.26. The number of hydrogen-bond acceptors (Lipinski definition) is 2. The SMILES string of the molecule is c1ccc(N(c2ccccc2)c2ccc3c(c2)oc2ccc(-c4ccc5c6c4ccc4c6c6c(cccc6n4-c4ccccc4)-c4ccccc4-5)cc23)cc1. The first kappa shape index (κ1) is 30.1. The van der Waals surface area contributed by atoms with Crippen LogP contribution in [-0.4, -0.2) is 4.57 Å². The van der Waals surface area contributed by atoms with Gasteiger partial charge < -0.3 is 13.9 Å². The maximum Gasteiger partial charge on any atom is 0.137 e. The molecule has 0 radical (unpaired) electrons. The lowest BCUT2D eigenvalue weighted by Crippen LogP contribution is -2.09. The standard InChI is InChI=1S/C52H32N2O/c1-4-13-34(14-5-1)53(35-15-6-2-7-16-35)37-24-25-41-45-31-33(23-30-48(45)55-49(41)32-37)38-26-27-44-40-20-11-10-19-39(40)42-21-12-22-46-51(42)52-47(29-28-43(38)50(44)52)54(46)36-17-8-3-9-18-36/h1-32H. The van der Waals surface area contributed by atoms with E-state index in [0.29, 0.717) is 0 Å². The lowest BCUT2D eigenvalue weighted by atomic mass is 9.89. The quantitative estimate of drug-likeness (QED) is 0.178.